The maximum atomic E-state index is 4.25. The van der Waals surface area contributed by atoms with Crippen LogP contribution in [0.15, 0.2) is 164 Å². The predicted molar refractivity (Wildman–Crippen MR) is 199 cm³/mol. The van der Waals surface area contributed by atoms with E-state index in [1.165, 1.54) is 83.0 Å². The van der Waals surface area contributed by atoms with Gasteiger partial charge in [-0.15, -0.1) is 0 Å². The molecule has 1 aliphatic rings. The van der Waals surface area contributed by atoms with Crippen LogP contribution in [0.1, 0.15) is 5.56 Å². The smallest absolute Gasteiger partial charge is 0.0574 e. The average molecular weight is 606 g/mol. The topological polar surface area (TPSA) is 14.2 Å². The summed E-state index contributed by atoms with van der Waals surface area (Å²) in [4.78, 5) is 0. The normalized spacial score (nSPS) is 11.6. The molecule has 2 nitrogen and oxygen atoms in total. The Morgan fingerprint density at radius 1 is 0.404 bits per heavy atom. The summed E-state index contributed by atoms with van der Waals surface area (Å²) in [6, 6.07) is 59.9. The zero-order valence-corrected chi connectivity index (χ0v) is 26.7. The average Bonchev–Trinajstić information content (AvgIpc) is 3.46. The monoisotopic (exact) mass is 605 g/mol. The number of hydrogen-bond donors (Lipinski definition) is 0. The molecule has 2 heterocycles. The molecule has 2 heteroatoms. The van der Waals surface area contributed by atoms with Gasteiger partial charge in [0.25, 0.3) is 0 Å². The standard InChI is InChI=1S/C43H29N.C2H6O/c1-3-11-29(12-4-1)31-16-9-18-33(23-31)35-21-22-42-39(25-35)41-27-37(34-19-10-17-32(24-34)30-13-5-2-6-14-30)26-40-38-20-8-7-15-36(38)28-44(42)43(40)41;1-3-2/h1-27H,28H2;1-2H3. The molecular formula is C45H35NO. The van der Waals surface area contributed by atoms with Crippen LogP contribution in [0.5, 0.6) is 0 Å². The number of benzene rings is 7. The third-order valence-corrected chi connectivity index (χ3v) is 9.20. The molecule has 0 amide bonds. The molecule has 0 bridgehead atoms. The van der Waals surface area contributed by atoms with Gasteiger partial charge in [-0.05, 0) is 92.0 Å². The fourth-order valence-electron chi connectivity index (χ4n) is 7.06. The van der Waals surface area contributed by atoms with Crippen molar-refractivity contribution in [3.63, 3.8) is 0 Å². The highest BCUT2D eigenvalue weighted by atomic mass is 16.4. The maximum Gasteiger partial charge on any atom is 0.0574 e. The van der Waals surface area contributed by atoms with Gasteiger partial charge in [0.15, 0.2) is 0 Å². The number of rotatable bonds is 4. The third kappa shape index (κ3) is 5.23. The van der Waals surface area contributed by atoms with Crippen molar-refractivity contribution in [1.82, 2.24) is 4.57 Å². The second-order valence-electron chi connectivity index (χ2n) is 12.2. The van der Waals surface area contributed by atoms with E-state index in [2.05, 4.69) is 173 Å². The van der Waals surface area contributed by atoms with E-state index in [1.54, 1.807) is 14.2 Å². The van der Waals surface area contributed by atoms with Crippen molar-refractivity contribution in [3.8, 4) is 55.6 Å². The summed E-state index contributed by atoms with van der Waals surface area (Å²) in [5.74, 6) is 0. The van der Waals surface area contributed by atoms with Crippen LogP contribution in [0.3, 0.4) is 0 Å². The molecule has 226 valence electrons. The number of ether oxygens (including phenoxy) is 1. The van der Waals surface area contributed by atoms with E-state index in [-0.39, 0.29) is 0 Å². The van der Waals surface area contributed by atoms with Crippen LogP contribution in [-0.4, -0.2) is 18.8 Å². The molecule has 9 rings (SSSR count). The molecule has 0 saturated heterocycles. The number of nitrogens with zero attached hydrogens (tertiary/aromatic N) is 1. The van der Waals surface area contributed by atoms with Gasteiger partial charge < -0.3 is 9.30 Å². The summed E-state index contributed by atoms with van der Waals surface area (Å²) < 4.78 is 6.77. The first-order chi connectivity index (χ1) is 23.2. The molecular weight excluding hydrogens is 571 g/mol. The van der Waals surface area contributed by atoms with E-state index in [4.69, 9.17) is 0 Å². The molecule has 0 unspecified atom stereocenters. The van der Waals surface area contributed by atoms with Gasteiger partial charge in [-0.1, -0.05) is 127 Å². The first-order valence-corrected chi connectivity index (χ1v) is 16.1. The lowest BCUT2D eigenvalue weighted by molar-refractivity contribution is 0.277. The summed E-state index contributed by atoms with van der Waals surface area (Å²) in [6.45, 7) is 0.884. The Balaban J connectivity index is 0.00000104. The molecule has 0 aliphatic carbocycles. The van der Waals surface area contributed by atoms with Crippen molar-refractivity contribution < 1.29 is 4.74 Å². The minimum Gasteiger partial charge on any atom is -0.388 e. The maximum absolute atomic E-state index is 4.25. The molecule has 0 saturated carbocycles. The summed E-state index contributed by atoms with van der Waals surface area (Å²) in [6.07, 6.45) is 0. The Bertz CT molecular complexity index is 2370. The molecule has 1 aliphatic heterocycles. The molecule has 0 radical (unpaired) electrons. The van der Waals surface area contributed by atoms with E-state index < -0.39 is 0 Å². The van der Waals surface area contributed by atoms with Crippen LogP contribution in [0.4, 0.5) is 0 Å². The lowest BCUT2D eigenvalue weighted by Gasteiger charge is -2.21. The molecule has 8 aromatic rings. The molecule has 0 fully saturated rings. The Morgan fingerprint density at radius 3 is 1.53 bits per heavy atom. The van der Waals surface area contributed by atoms with Crippen LogP contribution in [0.25, 0.3) is 77.4 Å². The Labute approximate surface area is 276 Å². The van der Waals surface area contributed by atoms with Crippen molar-refractivity contribution in [2.45, 2.75) is 6.54 Å². The third-order valence-electron chi connectivity index (χ3n) is 9.20. The van der Waals surface area contributed by atoms with Crippen LogP contribution >= 0.6 is 0 Å². The molecule has 0 N–H and O–H groups in total. The van der Waals surface area contributed by atoms with Crippen molar-refractivity contribution in [3.05, 3.63) is 169 Å². The Hall–Kier alpha value is -5.70. The van der Waals surface area contributed by atoms with Gasteiger partial charge in [0.2, 0.25) is 0 Å². The fourth-order valence-corrected chi connectivity index (χ4v) is 7.06. The molecule has 7 aromatic carbocycles. The summed E-state index contributed by atoms with van der Waals surface area (Å²) in [5, 5.41) is 2.62. The van der Waals surface area contributed by atoms with E-state index in [1.807, 2.05) is 0 Å². The van der Waals surface area contributed by atoms with Gasteiger partial charge in [-0.2, -0.15) is 0 Å². The zero-order chi connectivity index (χ0) is 31.7. The minimum absolute atomic E-state index is 0.884. The summed E-state index contributed by atoms with van der Waals surface area (Å²) in [7, 11) is 3.25. The highest BCUT2D eigenvalue weighted by molar-refractivity contribution is 6.16. The van der Waals surface area contributed by atoms with E-state index in [9.17, 15) is 0 Å². The predicted octanol–water partition coefficient (Wildman–Crippen LogP) is 11.8. The quantitative estimate of drug-likeness (QED) is 0.195. The second kappa shape index (κ2) is 12.2. The number of aromatic nitrogens is 1. The number of hydrogen-bond acceptors (Lipinski definition) is 1. The first-order valence-electron chi connectivity index (χ1n) is 16.1. The lowest BCUT2D eigenvalue weighted by Crippen LogP contribution is -2.07. The highest BCUT2D eigenvalue weighted by Crippen LogP contribution is 2.45. The Kier molecular flexibility index (Phi) is 7.49. The molecule has 0 atom stereocenters. The summed E-state index contributed by atoms with van der Waals surface area (Å²) in [5.41, 5.74) is 16.5. The van der Waals surface area contributed by atoms with Crippen LogP contribution in [0.2, 0.25) is 0 Å². The van der Waals surface area contributed by atoms with Crippen LogP contribution in [-0.2, 0) is 11.3 Å². The van der Waals surface area contributed by atoms with Gasteiger partial charge >= 0.3 is 0 Å². The zero-order valence-electron chi connectivity index (χ0n) is 26.7. The van der Waals surface area contributed by atoms with Crippen molar-refractivity contribution in [2.24, 2.45) is 0 Å². The summed E-state index contributed by atoms with van der Waals surface area (Å²) >= 11 is 0. The number of methoxy groups -OCH3 is 1. The number of fused-ring (bicyclic) bond motifs is 5. The van der Waals surface area contributed by atoms with Crippen LogP contribution < -0.4 is 0 Å². The minimum atomic E-state index is 0.884. The van der Waals surface area contributed by atoms with Gasteiger partial charge in [-0.25, -0.2) is 0 Å². The largest absolute Gasteiger partial charge is 0.388 e. The molecule has 1 aromatic heterocycles. The second-order valence-corrected chi connectivity index (χ2v) is 12.2. The fraction of sp³-hybridized carbons (Fsp3) is 0.0667. The van der Waals surface area contributed by atoms with Crippen LogP contribution in [0, 0.1) is 0 Å². The van der Waals surface area contributed by atoms with Crippen molar-refractivity contribution >= 4 is 21.8 Å². The van der Waals surface area contributed by atoms with E-state index in [0.717, 1.165) is 6.54 Å². The molecule has 0 spiro atoms. The van der Waals surface area contributed by atoms with E-state index >= 15 is 0 Å². The first kappa shape index (κ1) is 28.8. The van der Waals surface area contributed by atoms with Gasteiger partial charge in [-0.3, -0.25) is 0 Å². The Morgan fingerprint density at radius 2 is 0.894 bits per heavy atom. The molecule has 47 heavy (non-hydrogen) atoms. The lowest BCUT2D eigenvalue weighted by atomic mass is 9.90. The van der Waals surface area contributed by atoms with E-state index in [0.29, 0.717) is 0 Å². The van der Waals surface area contributed by atoms with Crippen molar-refractivity contribution in [1.29, 1.82) is 0 Å². The van der Waals surface area contributed by atoms with Crippen molar-refractivity contribution in [2.75, 3.05) is 14.2 Å². The SMILES string of the molecule is COC.c1ccc(-c2cccc(-c3ccc4c(c3)c3cc(-c5cccc(-c6ccccc6)c5)cc5c3n4Cc3ccccc3-5)c2)cc1. The van der Waals surface area contributed by atoms with Gasteiger partial charge in [0, 0.05) is 42.6 Å². The van der Waals surface area contributed by atoms with Gasteiger partial charge in [0.1, 0.15) is 0 Å². The van der Waals surface area contributed by atoms with Gasteiger partial charge in [0.05, 0.1) is 5.52 Å². The highest BCUT2D eigenvalue weighted by Gasteiger charge is 2.23.